The average molecular weight is 448 g/mol. The zero-order valence-corrected chi connectivity index (χ0v) is 18.8. The predicted octanol–water partition coefficient (Wildman–Crippen LogP) is 1.88. The van der Waals surface area contributed by atoms with Crippen LogP contribution in [0.1, 0.15) is 38.2 Å². The number of thioether (sulfide) groups is 1. The Hall–Kier alpha value is -2.06. The molecule has 1 saturated heterocycles. The monoisotopic (exact) mass is 447 g/mol. The summed E-state index contributed by atoms with van der Waals surface area (Å²) in [5.74, 6) is -1.50. The van der Waals surface area contributed by atoms with Crippen LogP contribution in [0.4, 0.5) is 0 Å². The second kappa shape index (κ2) is 8.47. The van der Waals surface area contributed by atoms with Gasteiger partial charge in [0.05, 0.1) is 7.11 Å². The zero-order valence-electron chi connectivity index (χ0n) is 17.9. The highest BCUT2D eigenvalue weighted by Crippen LogP contribution is 2.61. The minimum Gasteiger partial charge on any atom is -0.467 e. The van der Waals surface area contributed by atoms with Gasteiger partial charge >= 0.3 is 11.9 Å². The molecule has 4 rings (SSSR count). The van der Waals surface area contributed by atoms with Gasteiger partial charge < -0.3 is 19.9 Å². The van der Waals surface area contributed by atoms with Gasteiger partial charge in [0.25, 0.3) is 0 Å². The van der Waals surface area contributed by atoms with Crippen LogP contribution >= 0.6 is 11.8 Å². The van der Waals surface area contributed by atoms with E-state index in [1.54, 1.807) is 0 Å². The fourth-order valence-electron chi connectivity index (χ4n) is 5.80. The Balaban J connectivity index is 1.57. The number of carbonyl (C=O) groups is 3. The van der Waals surface area contributed by atoms with Crippen molar-refractivity contribution in [3.05, 3.63) is 35.9 Å². The topological polar surface area (TPSA) is 102 Å². The van der Waals surface area contributed by atoms with Crippen LogP contribution in [0.25, 0.3) is 0 Å². The second-order valence-electron chi connectivity index (χ2n) is 8.96. The average Bonchev–Trinajstić information content (AvgIpc) is 3.17. The number of methoxy groups -OCH3 is 1. The Kier molecular flexibility index (Phi) is 6.05. The first-order valence-electron chi connectivity index (χ1n) is 10.7. The number of aliphatic hydroxyl groups is 1. The Labute approximate surface area is 186 Å². The lowest BCUT2D eigenvalue weighted by molar-refractivity contribution is -0.145. The zero-order chi connectivity index (χ0) is 22.3. The number of nitrogens with one attached hydrogen (secondary N) is 1. The minimum atomic E-state index is -1.21. The van der Waals surface area contributed by atoms with Crippen LogP contribution in [-0.2, 0) is 23.9 Å². The van der Waals surface area contributed by atoms with E-state index in [-0.39, 0.29) is 40.6 Å². The van der Waals surface area contributed by atoms with Crippen LogP contribution in [0.2, 0.25) is 0 Å². The molecular weight excluding hydrogens is 418 g/mol. The summed E-state index contributed by atoms with van der Waals surface area (Å²) in [6, 6.07) is 9.12. The summed E-state index contributed by atoms with van der Waals surface area (Å²) in [4.78, 5) is 36.6. The maximum atomic E-state index is 13.0. The fourth-order valence-corrected chi connectivity index (χ4v) is 7.39. The third-order valence-electron chi connectivity index (χ3n) is 7.10. The highest BCUT2D eigenvalue weighted by molar-refractivity contribution is 8.00. The van der Waals surface area contributed by atoms with Crippen LogP contribution in [-0.4, -0.2) is 58.8 Å². The summed E-state index contributed by atoms with van der Waals surface area (Å²) in [6.45, 7) is 3.43. The molecule has 31 heavy (non-hydrogen) atoms. The predicted molar refractivity (Wildman–Crippen MR) is 115 cm³/mol. The van der Waals surface area contributed by atoms with Gasteiger partial charge in [0.1, 0.15) is 23.7 Å². The molecule has 3 aliphatic rings. The molecule has 8 heteroatoms. The Morgan fingerprint density at radius 3 is 2.68 bits per heavy atom. The maximum absolute atomic E-state index is 13.0. The smallest absolute Gasteiger partial charge is 0.329 e. The van der Waals surface area contributed by atoms with E-state index in [4.69, 9.17) is 9.47 Å². The maximum Gasteiger partial charge on any atom is 0.329 e. The molecule has 1 aromatic rings. The summed E-state index contributed by atoms with van der Waals surface area (Å²) in [5.41, 5.74) is -0.131. The molecule has 0 bridgehead atoms. The summed E-state index contributed by atoms with van der Waals surface area (Å²) < 4.78 is 10.6. The summed E-state index contributed by atoms with van der Waals surface area (Å²) in [5, 5.41) is 14.2. The van der Waals surface area contributed by atoms with Gasteiger partial charge in [-0.25, -0.2) is 4.79 Å². The molecule has 0 spiro atoms. The largest absolute Gasteiger partial charge is 0.467 e. The van der Waals surface area contributed by atoms with Crippen molar-refractivity contribution in [2.45, 2.75) is 55.6 Å². The molecule has 7 nitrogen and oxygen atoms in total. The molecule has 1 unspecified atom stereocenters. The van der Waals surface area contributed by atoms with Crippen molar-refractivity contribution in [1.82, 2.24) is 5.32 Å². The molecule has 2 aliphatic carbocycles. The van der Waals surface area contributed by atoms with Crippen LogP contribution in [0.15, 0.2) is 30.3 Å². The van der Waals surface area contributed by atoms with Gasteiger partial charge in [0.2, 0.25) is 5.91 Å². The molecule has 3 fully saturated rings. The molecule has 1 aromatic carbocycles. The van der Waals surface area contributed by atoms with Crippen molar-refractivity contribution in [3.63, 3.8) is 0 Å². The lowest BCUT2D eigenvalue weighted by atomic mass is 9.66. The van der Waals surface area contributed by atoms with Gasteiger partial charge in [-0.3, -0.25) is 9.59 Å². The van der Waals surface area contributed by atoms with Crippen molar-refractivity contribution in [3.8, 4) is 0 Å². The quantitative estimate of drug-likeness (QED) is 0.642. The highest BCUT2D eigenvalue weighted by atomic mass is 32.2. The number of hydrogen-bond acceptors (Lipinski definition) is 7. The molecule has 8 atom stereocenters. The number of carbonyl (C=O) groups excluding carboxylic acids is 3. The number of ether oxygens (including phenoxy) is 2. The van der Waals surface area contributed by atoms with Gasteiger partial charge in [-0.05, 0) is 30.2 Å². The molecule has 0 aromatic heterocycles. The number of amides is 1. The van der Waals surface area contributed by atoms with Crippen molar-refractivity contribution in [2.24, 2.45) is 17.8 Å². The number of esters is 2. The Bertz CT molecular complexity index is 863. The second-order valence-corrected chi connectivity index (χ2v) is 10.2. The third-order valence-corrected chi connectivity index (χ3v) is 8.75. The lowest BCUT2D eigenvalue weighted by Gasteiger charge is -2.44. The standard InChI is InChI=1S/C23H29NO6S/c1-12-9-15-10-16(14-7-5-4-6-8-14)20-23(15,28)18(22(27)30-20)19(12)31-11-17(21(26)29-3)24-13(2)25/h4-8,12,15-20,28H,9-11H2,1-3H3,(H,24,25)/t12-,15-,16-,17-,18?,19+,20+,23-/m0/s1. The highest BCUT2D eigenvalue weighted by Gasteiger charge is 2.71. The lowest BCUT2D eigenvalue weighted by Crippen LogP contribution is -2.56. The number of hydrogen-bond donors (Lipinski definition) is 2. The van der Waals surface area contributed by atoms with E-state index < -0.39 is 29.6 Å². The van der Waals surface area contributed by atoms with Crippen LogP contribution in [0.3, 0.4) is 0 Å². The number of rotatable bonds is 6. The normalized spacial score (nSPS) is 37.0. The molecule has 1 amide bonds. The van der Waals surface area contributed by atoms with E-state index in [0.717, 1.165) is 18.4 Å². The minimum absolute atomic E-state index is 0.0160. The Morgan fingerprint density at radius 2 is 2.03 bits per heavy atom. The van der Waals surface area contributed by atoms with E-state index >= 15 is 0 Å². The molecular formula is C23H29NO6S. The van der Waals surface area contributed by atoms with Crippen molar-refractivity contribution >= 4 is 29.6 Å². The Morgan fingerprint density at radius 1 is 1.32 bits per heavy atom. The van der Waals surface area contributed by atoms with Crippen LogP contribution in [0.5, 0.6) is 0 Å². The molecule has 1 heterocycles. The first kappa shape index (κ1) is 22.1. The van der Waals surface area contributed by atoms with Crippen molar-refractivity contribution in [1.29, 1.82) is 0 Å². The number of benzene rings is 1. The molecule has 2 N–H and O–H groups in total. The van der Waals surface area contributed by atoms with Gasteiger partial charge in [-0.2, -0.15) is 11.8 Å². The van der Waals surface area contributed by atoms with E-state index in [1.165, 1.54) is 25.8 Å². The fraction of sp³-hybridized carbons (Fsp3) is 0.609. The summed E-state index contributed by atoms with van der Waals surface area (Å²) >= 11 is 1.43. The molecule has 2 saturated carbocycles. The molecule has 168 valence electrons. The summed E-state index contributed by atoms with van der Waals surface area (Å²) in [6.07, 6.45) is 1.01. The third kappa shape index (κ3) is 3.74. The van der Waals surface area contributed by atoms with Crippen molar-refractivity contribution < 1.29 is 29.0 Å². The van der Waals surface area contributed by atoms with E-state index in [0.29, 0.717) is 0 Å². The van der Waals surface area contributed by atoms with E-state index in [2.05, 4.69) is 12.2 Å². The van der Waals surface area contributed by atoms with Gasteiger partial charge in [0.15, 0.2) is 0 Å². The van der Waals surface area contributed by atoms with Crippen LogP contribution in [0, 0.1) is 17.8 Å². The first-order chi connectivity index (χ1) is 14.8. The van der Waals surface area contributed by atoms with Crippen LogP contribution < -0.4 is 5.32 Å². The van der Waals surface area contributed by atoms with Gasteiger partial charge in [-0.15, -0.1) is 0 Å². The molecule has 1 aliphatic heterocycles. The van der Waals surface area contributed by atoms with E-state index in [1.807, 2.05) is 30.3 Å². The first-order valence-corrected chi connectivity index (χ1v) is 11.8. The van der Waals surface area contributed by atoms with Gasteiger partial charge in [-0.1, -0.05) is 37.3 Å². The van der Waals surface area contributed by atoms with Crippen molar-refractivity contribution in [2.75, 3.05) is 12.9 Å². The van der Waals surface area contributed by atoms with E-state index in [9.17, 15) is 19.5 Å². The molecule has 0 radical (unpaired) electrons. The van der Waals surface area contributed by atoms with Gasteiger partial charge in [0, 0.05) is 23.8 Å². The SMILES string of the molecule is COC(=O)[C@H](CS[C@H]1C2C(=O)O[C@@H]3[C@H](c4ccccc4)C[C@H](C[C@@H]1C)[C@]23O)NC(C)=O. The summed E-state index contributed by atoms with van der Waals surface area (Å²) in [7, 11) is 1.28.